The number of hydrogen-bond acceptors (Lipinski definition) is 3. The molecule has 0 saturated carbocycles. The number of aromatic nitrogens is 1. The van der Waals surface area contributed by atoms with Gasteiger partial charge in [0.1, 0.15) is 5.75 Å². The van der Waals surface area contributed by atoms with Crippen LogP contribution in [0.15, 0.2) is 34.8 Å². The van der Waals surface area contributed by atoms with Crippen molar-refractivity contribution in [2.45, 2.75) is 32.1 Å². The maximum absolute atomic E-state index is 10.0. The Hall–Kier alpha value is -2.23. The van der Waals surface area contributed by atoms with Gasteiger partial charge in [0, 0.05) is 23.7 Å². The molecule has 0 saturated heterocycles. The van der Waals surface area contributed by atoms with Gasteiger partial charge < -0.3 is 14.8 Å². The number of aromatic hydroxyl groups is 1. The van der Waals surface area contributed by atoms with E-state index < -0.39 is 0 Å². The standard InChI is InChI=1S/C18H22N2O2/c1-22-14-7-8-17-15(11-14)16(18(21)20-17)12-19-10-9-13-5-3-2-4-6-13/h5,7-8,11-12,20-21H,2-4,6,9-10H2,1H3. The Bertz CT molecular complexity index is 713. The van der Waals surface area contributed by atoms with Gasteiger partial charge >= 0.3 is 0 Å². The molecule has 4 heteroatoms. The second-order valence-electron chi connectivity index (χ2n) is 5.69. The highest BCUT2D eigenvalue weighted by Crippen LogP contribution is 2.29. The van der Waals surface area contributed by atoms with Gasteiger partial charge in [0.05, 0.1) is 12.7 Å². The summed E-state index contributed by atoms with van der Waals surface area (Å²) in [4.78, 5) is 7.45. The normalized spacial score (nSPS) is 15.4. The summed E-state index contributed by atoms with van der Waals surface area (Å²) in [5.41, 5.74) is 3.13. The van der Waals surface area contributed by atoms with E-state index in [2.05, 4.69) is 16.1 Å². The van der Waals surface area contributed by atoms with E-state index in [9.17, 15) is 5.11 Å². The summed E-state index contributed by atoms with van der Waals surface area (Å²) in [6.45, 7) is 0.766. The van der Waals surface area contributed by atoms with Crippen LogP contribution in [0.5, 0.6) is 11.6 Å². The molecule has 1 aliphatic rings. The van der Waals surface area contributed by atoms with Gasteiger partial charge in [0.15, 0.2) is 5.88 Å². The van der Waals surface area contributed by atoms with Crippen molar-refractivity contribution < 1.29 is 9.84 Å². The molecule has 0 unspecified atom stereocenters. The van der Waals surface area contributed by atoms with Crippen molar-refractivity contribution in [2.24, 2.45) is 4.99 Å². The highest BCUT2D eigenvalue weighted by atomic mass is 16.5. The number of nitrogens with zero attached hydrogens (tertiary/aromatic N) is 1. The summed E-state index contributed by atoms with van der Waals surface area (Å²) < 4.78 is 5.24. The fraction of sp³-hybridized carbons (Fsp3) is 0.389. The third-order valence-corrected chi connectivity index (χ3v) is 4.19. The van der Waals surface area contributed by atoms with Gasteiger partial charge in [-0.2, -0.15) is 0 Å². The number of allylic oxidation sites excluding steroid dienone is 1. The predicted octanol–water partition coefficient (Wildman–Crippen LogP) is 4.19. The number of ether oxygens (including phenoxy) is 1. The Labute approximate surface area is 130 Å². The molecule has 0 amide bonds. The second kappa shape index (κ2) is 6.69. The fourth-order valence-electron chi connectivity index (χ4n) is 2.93. The number of H-pyrrole nitrogens is 1. The number of aromatic amines is 1. The van der Waals surface area contributed by atoms with E-state index in [1.54, 1.807) is 13.3 Å². The molecule has 22 heavy (non-hydrogen) atoms. The van der Waals surface area contributed by atoms with E-state index in [4.69, 9.17) is 4.74 Å². The maximum Gasteiger partial charge on any atom is 0.198 e. The number of methoxy groups -OCH3 is 1. The molecule has 0 fully saturated rings. The highest BCUT2D eigenvalue weighted by Gasteiger charge is 2.09. The minimum absolute atomic E-state index is 0.156. The Morgan fingerprint density at radius 3 is 3.05 bits per heavy atom. The number of fused-ring (bicyclic) bond motifs is 1. The topological polar surface area (TPSA) is 57.6 Å². The molecule has 3 rings (SSSR count). The van der Waals surface area contributed by atoms with Crippen molar-refractivity contribution in [1.29, 1.82) is 0 Å². The first-order chi connectivity index (χ1) is 10.8. The van der Waals surface area contributed by atoms with Crippen molar-refractivity contribution in [3.8, 4) is 11.6 Å². The third-order valence-electron chi connectivity index (χ3n) is 4.19. The van der Waals surface area contributed by atoms with Crippen LogP contribution in [-0.2, 0) is 0 Å². The van der Waals surface area contributed by atoms with E-state index in [-0.39, 0.29) is 5.88 Å². The molecule has 116 valence electrons. The first kappa shape index (κ1) is 14.7. The van der Waals surface area contributed by atoms with E-state index in [1.165, 1.54) is 31.3 Å². The first-order valence-corrected chi connectivity index (χ1v) is 7.84. The molecule has 0 radical (unpaired) electrons. The Morgan fingerprint density at radius 2 is 2.27 bits per heavy atom. The summed E-state index contributed by atoms with van der Waals surface area (Å²) >= 11 is 0. The zero-order chi connectivity index (χ0) is 15.4. The van der Waals surface area contributed by atoms with E-state index in [1.807, 2.05) is 18.2 Å². The molecule has 1 aromatic heterocycles. The number of nitrogens with one attached hydrogen (secondary N) is 1. The van der Waals surface area contributed by atoms with Crippen LogP contribution >= 0.6 is 0 Å². The average Bonchev–Trinajstić information content (AvgIpc) is 2.87. The van der Waals surface area contributed by atoms with Crippen LogP contribution in [0.1, 0.15) is 37.7 Å². The van der Waals surface area contributed by atoms with Crippen LogP contribution in [0.3, 0.4) is 0 Å². The van der Waals surface area contributed by atoms with Crippen molar-refractivity contribution in [3.05, 3.63) is 35.4 Å². The van der Waals surface area contributed by atoms with Gasteiger partial charge in [-0.15, -0.1) is 0 Å². The van der Waals surface area contributed by atoms with Crippen LogP contribution in [0.25, 0.3) is 10.9 Å². The summed E-state index contributed by atoms with van der Waals surface area (Å²) in [5, 5.41) is 11.0. The lowest BCUT2D eigenvalue weighted by molar-refractivity contribution is 0.415. The van der Waals surface area contributed by atoms with Crippen molar-refractivity contribution in [3.63, 3.8) is 0 Å². The maximum atomic E-state index is 10.0. The quantitative estimate of drug-likeness (QED) is 0.642. The summed E-state index contributed by atoms with van der Waals surface area (Å²) in [5.74, 6) is 0.928. The van der Waals surface area contributed by atoms with Gasteiger partial charge in [-0.25, -0.2) is 0 Å². The van der Waals surface area contributed by atoms with E-state index in [0.29, 0.717) is 0 Å². The molecule has 0 bridgehead atoms. The first-order valence-electron chi connectivity index (χ1n) is 7.84. The van der Waals surface area contributed by atoms with Crippen LogP contribution in [0, 0.1) is 0 Å². The molecule has 0 spiro atoms. The molecule has 0 atom stereocenters. The van der Waals surface area contributed by atoms with Gasteiger partial charge in [-0.3, -0.25) is 4.99 Å². The molecular formula is C18H22N2O2. The van der Waals surface area contributed by atoms with Gasteiger partial charge in [0.2, 0.25) is 0 Å². The SMILES string of the molecule is COc1ccc2[nH]c(O)c(C=NCCC3=CCCCC3)c2c1. The Morgan fingerprint density at radius 1 is 1.36 bits per heavy atom. The molecule has 1 aliphatic carbocycles. The Balaban J connectivity index is 1.73. The predicted molar refractivity (Wildman–Crippen MR) is 90.1 cm³/mol. The van der Waals surface area contributed by atoms with Crippen molar-refractivity contribution in [2.75, 3.05) is 13.7 Å². The fourth-order valence-corrected chi connectivity index (χ4v) is 2.93. The number of rotatable bonds is 5. The molecular weight excluding hydrogens is 276 g/mol. The molecule has 1 heterocycles. The number of aliphatic imine (C=N–C) groups is 1. The van der Waals surface area contributed by atoms with Crippen molar-refractivity contribution >= 4 is 17.1 Å². The minimum atomic E-state index is 0.156. The summed E-state index contributed by atoms with van der Waals surface area (Å²) in [7, 11) is 1.64. The van der Waals surface area contributed by atoms with Crippen molar-refractivity contribution in [1.82, 2.24) is 4.98 Å². The zero-order valence-electron chi connectivity index (χ0n) is 12.9. The van der Waals surface area contributed by atoms with Gasteiger partial charge in [0.25, 0.3) is 0 Å². The lowest BCUT2D eigenvalue weighted by atomic mass is 9.97. The highest BCUT2D eigenvalue weighted by molar-refractivity contribution is 6.02. The smallest absolute Gasteiger partial charge is 0.198 e. The van der Waals surface area contributed by atoms with Crippen LogP contribution in [0.4, 0.5) is 0 Å². The minimum Gasteiger partial charge on any atom is -0.497 e. The molecule has 0 aliphatic heterocycles. The lowest BCUT2D eigenvalue weighted by Gasteiger charge is -2.10. The summed E-state index contributed by atoms with van der Waals surface area (Å²) in [6, 6.07) is 5.68. The molecule has 4 nitrogen and oxygen atoms in total. The Kier molecular flexibility index (Phi) is 4.47. The largest absolute Gasteiger partial charge is 0.497 e. The summed E-state index contributed by atoms with van der Waals surface area (Å²) in [6.07, 6.45) is 10.2. The van der Waals surface area contributed by atoms with Crippen LogP contribution < -0.4 is 4.74 Å². The van der Waals surface area contributed by atoms with E-state index in [0.717, 1.165) is 35.2 Å². The van der Waals surface area contributed by atoms with Crippen LogP contribution in [0.2, 0.25) is 0 Å². The molecule has 2 N–H and O–H groups in total. The zero-order valence-corrected chi connectivity index (χ0v) is 12.9. The molecule has 1 aromatic carbocycles. The van der Waals surface area contributed by atoms with Crippen LogP contribution in [-0.4, -0.2) is 30.0 Å². The number of benzene rings is 1. The lowest BCUT2D eigenvalue weighted by Crippen LogP contribution is -1.94. The monoisotopic (exact) mass is 298 g/mol. The average molecular weight is 298 g/mol. The number of hydrogen-bond donors (Lipinski definition) is 2. The van der Waals surface area contributed by atoms with E-state index >= 15 is 0 Å². The third kappa shape index (κ3) is 3.16. The molecule has 2 aromatic rings. The van der Waals surface area contributed by atoms with Gasteiger partial charge in [-0.05, 0) is 50.3 Å². The second-order valence-corrected chi connectivity index (χ2v) is 5.69. The van der Waals surface area contributed by atoms with Gasteiger partial charge in [-0.1, -0.05) is 11.6 Å².